The third kappa shape index (κ3) is 4.92. The smallest absolute Gasteiger partial charge is 0.259 e. The van der Waals surface area contributed by atoms with E-state index in [1.807, 2.05) is 6.92 Å². The van der Waals surface area contributed by atoms with Gasteiger partial charge in [0.1, 0.15) is 17.5 Å². The zero-order valence-electron chi connectivity index (χ0n) is 19.9. The van der Waals surface area contributed by atoms with E-state index in [2.05, 4.69) is 4.98 Å². The number of fused-ring (bicyclic) bond motifs is 1. The lowest BCUT2D eigenvalue weighted by atomic mass is 9.84. The summed E-state index contributed by atoms with van der Waals surface area (Å²) in [4.78, 5) is 34.0. The molecule has 0 unspecified atom stereocenters. The predicted octanol–water partition coefficient (Wildman–Crippen LogP) is 3.37. The highest BCUT2D eigenvalue weighted by Crippen LogP contribution is 2.32. The van der Waals surface area contributed by atoms with E-state index in [4.69, 9.17) is 4.74 Å². The van der Waals surface area contributed by atoms with Crippen molar-refractivity contribution in [1.82, 2.24) is 14.8 Å². The first-order valence-corrected chi connectivity index (χ1v) is 11.9. The van der Waals surface area contributed by atoms with E-state index in [0.29, 0.717) is 24.2 Å². The molecule has 2 heterocycles. The summed E-state index contributed by atoms with van der Waals surface area (Å²) in [6.45, 7) is 4.32. The van der Waals surface area contributed by atoms with Gasteiger partial charge in [-0.1, -0.05) is 25.5 Å². The van der Waals surface area contributed by atoms with E-state index in [1.54, 1.807) is 48.2 Å². The Morgan fingerprint density at radius 3 is 2.74 bits per heavy atom. The van der Waals surface area contributed by atoms with E-state index in [-0.39, 0.29) is 53.6 Å². The molecule has 2 aromatic rings. The number of aliphatic hydroxyl groups is 1. The second-order valence-corrected chi connectivity index (χ2v) is 9.56. The van der Waals surface area contributed by atoms with Crippen molar-refractivity contribution in [2.24, 2.45) is 11.8 Å². The van der Waals surface area contributed by atoms with E-state index in [9.17, 15) is 19.1 Å². The molecule has 1 aromatic heterocycles. The summed E-state index contributed by atoms with van der Waals surface area (Å²) in [5.74, 6) is -0.397. The Hall–Kier alpha value is -3.00. The molecule has 0 radical (unpaired) electrons. The molecular weight excluding hydrogens is 437 g/mol. The molecule has 2 aliphatic rings. The SMILES string of the molecule is C[C@H](CO)N1C[C@H](C)[C@@H](CN(C)C(=O)C2CCC2)Oc2ncc(-c3cccc(F)c3)cc2C1=O. The van der Waals surface area contributed by atoms with Gasteiger partial charge in [-0.3, -0.25) is 9.59 Å². The molecule has 7 nitrogen and oxygen atoms in total. The molecule has 2 amide bonds. The molecule has 1 fully saturated rings. The summed E-state index contributed by atoms with van der Waals surface area (Å²) in [5.41, 5.74) is 1.45. The molecule has 0 spiro atoms. The standard InChI is InChI=1S/C26H32FN3O4/c1-16-13-30(17(2)15-31)26(33)22-11-20(19-8-5-9-21(27)10-19)12-28-24(22)34-23(16)14-29(3)25(32)18-6-4-7-18/h5,8-12,16-18,23,31H,4,6-7,13-15H2,1-3H3/t16-,17+,23+/m0/s1. The molecule has 1 saturated carbocycles. The Labute approximate surface area is 199 Å². The number of hydrogen-bond acceptors (Lipinski definition) is 5. The number of likely N-dealkylation sites (N-methyl/N-ethyl adjacent to an activating group) is 1. The monoisotopic (exact) mass is 469 g/mol. The minimum absolute atomic E-state index is 0.0839. The predicted molar refractivity (Wildman–Crippen MR) is 126 cm³/mol. The molecule has 1 aromatic carbocycles. The van der Waals surface area contributed by atoms with Crippen molar-refractivity contribution in [2.75, 3.05) is 26.7 Å². The van der Waals surface area contributed by atoms with Crippen LogP contribution in [0.25, 0.3) is 11.1 Å². The van der Waals surface area contributed by atoms with Gasteiger partial charge >= 0.3 is 0 Å². The fourth-order valence-corrected chi connectivity index (χ4v) is 4.47. The van der Waals surface area contributed by atoms with E-state index >= 15 is 0 Å². The molecule has 3 atom stereocenters. The van der Waals surface area contributed by atoms with Crippen molar-refractivity contribution in [2.45, 2.75) is 45.3 Å². The minimum atomic E-state index is -0.409. The Kier molecular flexibility index (Phi) is 7.16. The summed E-state index contributed by atoms with van der Waals surface area (Å²) in [5, 5.41) is 9.81. The van der Waals surface area contributed by atoms with Gasteiger partial charge in [0.2, 0.25) is 11.8 Å². The van der Waals surface area contributed by atoms with Crippen molar-refractivity contribution in [3.05, 3.63) is 47.9 Å². The van der Waals surface area contributed by atoms with Gasteiger partial charge in [-0.2, -0.15) is 0 Å². The van der Waals surface area contributed by atoms with Crippen LogP contribution in [0.4, 0.5) is 4.39 Å². The average Bonchev–Trinajstić information content (AvgIpc) is 2.79. The van der Waals surface area contributed by atoms with Crippen LogP contribution in [0.2, 0.25) is 0 Å². The number of halogens is 1. The molecule has 0 bridgehead atoms. The third-order valence-electron chi connectivity index (χ3n) is 6.96. The first kappa shape index (κ1) is 24.1. The number of carbonyl (C=O) groups excluding carboxylic acids is 2. The molecule has 8 heteroatoms. The Morgan fingerprint density at radius 2 is 2.09 bits per heavy atom. The molecule has 1 aliphatic carbocycles. The molecule has 1 aliphatic heterocycles. The number of carbonyl (C=O) groups is 2. The van der Waals surface area contributed by atoms with Gasteiger partial charge < -0.3 is 19.6 Å². The van der Waals surface area contributed by atoms with Gasteiger partial charge in [0.05, 0.1) is 19.2 Å². The Bertz CT molecular complexity index is 1060. The van der Waals surface area contributed by atoms with Crippen LogP contribution in [-0.4, -0.2) is 70.6 Å². The lowest BCUT2D eigenvalue weighted by Crippen LogP contribution is -2.51. The van der Waals surface area contributed by atoms with Gasteiger partial charge in [0, 0.05) is 37.2 Å². The highest BCUT2D eigenvalue weighted by molar-refractivity contribution is 5.98. The topological polar surface area (TPSA) is 83.0 Å². The van der Waals surface area contributed by atoms with Crippen LogP contribution >= 0.6 is 0 Å². The Balaban J connectivity index is 1.68. The van der Waals surface area contributed by atoms with Crippen LogP contribution in [0.1, 0.15) is 43.5 Å². The van der Waals surface area contributed by atoms with Gasteiger partial charge in [-0.15, -0.1) is 0 Å². The first-order chi connectivity index (χ1) is 16.3. The van der Waals surface area contributed by atoms with E-state index in [1.165, 1.54) is 12.1 Å². The highest BCUT2D eigenvalue weighted by Gasteiger charge is 2.36. The van der Waals surface area contributed by atoms with Crippen molar-refractivity contribution in [1.29, 1.82) is 0 Å². The number of nitrogens with zero attached hydrogens (tertiary/aromatic N) is 3. The summed E-state index contributed by atoms with van der Waals surface area (Å²) in [6.07, 6.45) is 4.11. The van der Waals surface area contributed by atoms with Gasteiger partial charge in [-0.05, 0) is 43.5 Å². The largest absolute Gasteiger partial charge is 0.472 e. The number of benzene rings is 1. The van der Waals surface area contributed by atoms with Crippen LogP contribution in [0, 0.1) is 17.7 Å². The maximum Gasteiger partial charge on any atom is 0.259 e. The summed E-state index contributed by atoms with van der Waals surface area (Å²) in [6, 6.07) is 7.35. The fourth-order valence-electron chi connectivity index (χ4n) is 4.47. The maximum atomic E-state index is 13.8. The number of aliphatic hydroxyl groups excluding tert-OH is 1. The van der Waals surface area contributed by atoms with E-state index < -0.39 is 6.04 Å². The van der Waals surface area contributed by atoms with Crippen molar-refractivity contribution < 1.29 is 23.8 Å². The number of pyridine rings is 1. The molecule has 1 N–H and O–H groups in total. The summed E-state index contributed by atoms with van der Waals surface area (Å²) in [7, 11) is 1.79. The molecule has 0 saturated heterocycles. The van der Waals surface area contributed by atoms with Crippen LogP contribution in [-0.2, 0) is 4.79 Å². The highest BCUT2D eigenvalue weighted by atomic mass is 19.1. The van der Waals surface area contributed by atoms with Gasteiger partial charge in [0.25, 0.3) is 5.91 Å². The van der Waals surface area contributed by atoms with Crippen LogP contribution in [0.15, 0.2) is 36.5 Å². The lowest BCUT2D eigenvalue weighted by Gasteiger charge is -2.38. The van der Waals surface area contributed by atoms with Crippen molar-refractivity contribution in [3.63, 3.8) is 0 Å². The van der Waals surface area contributed by atoms with Crippen molar-refractivity contribution in [3.8, 4) is 17.0 Å². The zero-order chi connectivity index (χ0) is 24.4. The van der Waals surface area contributed by atoms with Crippen molar-refractivity contribution >= 4 is 11.8 Å². The number of hydrogen-bond donors (Lipinski definition) is 1. The number of rotatable bonds is 6. The van der Waals surface area contributed by atoms with Gasteiger partial charge in [0.15, 0.2) is 0 Å². The molecule has 34 heavy (non-hydrogen) atoms. The third-order valence-corrected chi connectivity index (χ3v) is 6.96. The number of ether oxygens (including phenoxy) is 1. The Morgan fingerprint density at radius 1 is 1.32 bits per heavy atom. The number of amides is 2. The van der Waals surface area contributed by atoms with Crippen LogP contribution in [0.5, 0.6) is 5.88 Å². The lowest BCUT2D eigenvalue weighted by molar-refractivity contribution is -0.138. The maximum absolute atomic E-state index is 13.8. The summed E-state index contributed by atoms with van der Waals surface area (Å²) >= 11 is 0. The van der Waals surface area contributed by atoms with Crippen LogP contribution in [0.3, 0.4) is 0 Å². The molecule has 182 valence electrons. The normalized spacial score (nSPS) is 21.6. The first-order valence-electron chi connectivity index (χ1n) is 11.9. The zero-order valence-corrected chi connectivity index (χ0v) is 19.9. The quantitative estimate of drug-likeness (QED) is 0.702. The summed E-state index contributed by atoms with van der Waals surface area (Å²) < 4.78 is 20.0. The van der Waals surface area contributed by atoms with Crippen LogP contribution < -0.4 is 4.74 Å². The second-order valence-electron chi connectivity index (χ2n) is 9.56. The molecular formula is C26H32FN3O4. The van der Waals surface area contributed by atoms with Gasteiger partial charge in [-0.25, -0.2) is 9.37 Å². The minimum Gasteiger partial charge on any atom is -0.472 e. The average molecular weight is 470 g/mol. The molecule has 4 rings (SSSR count). The fraction of sp³-hybridized carbons (Fsp3) is 0.500. The number of aromatic nitrogens is 1. The van der Waals surface area contributed by atoms with E-state index in [0.717, 1.165) is 19.3 Å². The second kappa shape index (κ2) is 10.1.